The van der Waals surface area contributed by atoms with Crippen LogP contribution in [0.1, 0.15) is 11.5 Å². The van der Waals surface area contributed by atoms with Gasteiger partial charge in [-0.3, -0.25) is 4.90 Å². The van der Waals surface area contributed by atoms with Crippen LogP contribution in [0.25, 0.3) is 0 Å². The number of rotatable bonds is 2. The minimum Gasteiger partial charge on any atom is -0.389 e. The lowest BCUT2D eigenvalue weighted by molar-refractivity contribution is 0.0572. The minimum atomic E-state index is -0.570. The Kier molecular flexibility index (Phi) is 3.13. The SMILES string of the molecule is O[C@@H]1CN(CC2CSc3ccccc32)C[C@@H]1O. The maximum absolute atomic E-state index is 9.54. The van der Waals surface area contributed by atoms with Gasteiger partial charge in [0.2, 0.25) is 0 Å². The number of thioether (sulfide) groups is 1. The Labute approximate surface area is 105 Å². The van der Waals surface area contributed by atoms with Crippen molar-refractivity contribution in [3.05, 3.63) is 29.8 Å². The molecule has 0 bridgehead atoms. The van der Waals surface area contributed by atoms with Gasteiger partial charge in [0.1, 0.15) is 0 Å². The summed E-state index contributed by atoms with van der Waals surface area (Å²) in [4.78, 5) is 3.56. The summed E-state index contributed by atoms with van der Waals surface area (Å²) in [6.45, 7) is 2.15. The molecule has 3 atom stereocenters. The van der Waals surface area contributed by atoms with E-state index in [-0.39, 0.29) is 0 Å². The smallest absolute Gasteiger partial charge is 0.0938 e. The van der Waals surface area contributed by atoms with Crippen LogP contribution in [0.15, 0.2) is 29.2 Å². The van der Waals surface area contributed by atoms with E-state index in [1.807, 2.05) is 11.8 Å². The molecule has 1 saturated heterocycles. The molecule has 2 N–H and O–H groups in total. The number of β-amino-alcohol motifs (C(OH)–C–C–N with tert-alkyl or cyclic N) is 2. The third-order valence-electron chi connectivity index (χ3n) is 3.61. The molecule has 0 aliphatic carbocycles. The molecule has 92 valence electrons. The number of aliphatic hydroxyl groups excluding tert-OH is 2. The van der Waals surface area contributed by atoms with Crippen molar-refractivity contribution in [3.8, 4) is 0 Å². The van der Waals surface area contributed by atoms with E-state index in [9.17, 15) is 10.2 Å². The summed E-state index contributed by atoms with van der Waals surface area (Å²) in [7, 11) is 0. The number of hydrogen-bond acceptors (Lipinski definition) is 4. The molecule has 1 unspecified atom stereocenters. The highest BCUT2D eigenvalue weighted by Crippen LogP contribution is 2.39. The summed E-state index contributed by atoms with van der Waals surface area (Å²) < 4.78 is 0. The molecule has 1 fully saturated rings. The highest BCUT2D eigenvalue weighted by atomic mass is 32.2. The third kappa shape index (κ3) is 2.22. The fourth-order valence-electron chi connectivity index (χ4n) is 2.69. The molecule has 2 aliphatic rings. The van der Waals surface area contributed by atoms with Crippen LogP contribution in [-0.4, -0.2) is 52.7 Å². The van der Waals surface area contributed by atoms with E-state index in [1.165, 1.54) is 10.5 Å². The lowest BCUT2D eigenvalue weighted by Crippen LogP contribution is -2.27. The Hall–Kier alpha value is -0.550. The Bertz CT molecular complexity index is 402. The van der Waals surface area contributed by atoms with Crippen molar-refractivity contribution in [1.82, 2.24) is 4.90 Å². The third-order valence-corrected chi connectivity index (χ3v) is 4.86. The van der Waals surface area contributed by atoms with Gasteiger partial charge >= 0.3 is 0 Å². The summed E-state index contributed by atoms with van der Waals surface area (Å²) in [5.41, 5.74) is 1.42. The molecular weight excluding hydrogens is 234 g/mol. The van der Waals surface area contributed by atoms with Crippen LogP contribution >= 0.6 is 11.8 Å². The van der Waals surface area contributed by atoms with E-state index >= 15 is 0 Å². The van der Waals surface area contributed by atoms with Crippen LogP contribution in [0.5, 0.6) is 0 Å². The standard InChI is InChI=1S/C13H17NO2S/c15-11-6-14(7-12(11)16)5-9-8-17-13-4-2-1-3-10(9)13/h1-4,9,11-12,15-16H,5-8H2/t9?,11-,12+. The van der Waals surface area contributed by atoms with Gasteiger partial charge in [-0.1, -0.05) is 18.2 Å². The maximum atomic E-state index is 9.54. The Balaban J connectivity index is 1.68. The highest BCUT2D eigenvalue weighted by molar-refractivity contribution is 7.99. The number of benzene rings is 1. The van der Waals surface area contributed by atoms with Crippen molar-refractivity contribution in [3.63, 3.8) is 0 Å². The van der Waals surface area contributed by atoms with Crippen LogP contribution in [0.2, 0.25) is 0 Å². The molecule has 4 heteroatoms. The normalized spacial score (nSPS) is 32.9. The number of hydrogen-bond donors (Lipinski definition) is 2. The zero-order chi connectivity index (χ0) is 11.8. The number of fused-ring (bicyclic) bond motifs is 1. The number of likely N-dealkylation sites (tertiary alicyclic amines) is 1. The molecule has 1 aromatic carbocycles. The van der Waals surface area contributed by atoms with Crippen molar-refractivity contribution >= 4 is 11.8 Å². The van der Waals surface area contributed by atoms with Crippen LogP contribution in [0.4, 0.5) is 0 Å². The van der Waals surface area contributed by atoms with Gasteiger partial charge < -0.3 is 10.2 Å². The molecule has 3 nitrogen and oxygen atoms in total. The molecule has 0 amide bonds. The van der Waals surface area contributed by atoms with Crippen LogP contribution < -0.4 is 0 Å². The summed E-state index contributed by atoms with van der Waals surface area (Å²) in [5, 5.41) is 19.1. The van der Waals surface area contributed by atoms with Gasteiger partial charge in [0.15, 0.2) is 0 Å². The molecule has 2 heterocycles. The molecule has 17 heavy (non-hydrogen) atoms. The summed E-state index contributed by atoms with van der Waals surface area (Å²) in [6.07, 6.45) is -1.14. The molecular formula is C13H17NO2S. The Morgan fingerprint density at radius 3 is 2.65 bits per heavy atom. The first-order chi connectivity index (χ1) is 8.24. The fraction of sp³-hybridized carbons (Fsp3) is 0.538. The predicted molar refractivity (Wildman–Crippen MR) is 68.4 cm³/mol. The van der Waals surface area contributed by atoms with Crippen molar-refractivity contribution < 1.29 is 10.2 Å². The first-order valence-corrected chi connectivity index (χ1v) is 7.03. The minimum absolute atomic E-state index is 0.536. The lowest BCUT2D eigenvalue weighted by atomic mass is 10.0. The van der Waals surface area contributed by atoms with Crippen LogP contribution in [0, 0.1) is 0 Å². The molecule has 3 rings (SSSR count). The van der Waals surface area contributed by atoms with Gasteiger partial charge in [-0.05, 0) is 11.6 Å². The van der Waals surface area contributed by atoms with Crippen LogP contribution in [-0.2, 0) is 0 Å². The van der Waals surface area contributed by atoms with Crippen molar-refractivity contribution in [2.24, 2.45) is 0 Å². The van der Waals surface area contributed by atoms with Gasteiger partial charge in [-0.15, -0.1) is 11.8 Å². The molecule has 0 aromatic heterocycles. The topological polar surface area (TPSA) is 43.7 Å². The first kappa shape index (κ1) is 11.5. The molecule has 0 spiro atoms. The van der Waals surface area contributed by atoms with E-state index in [2.05, 4.69) is 29.2 Å². The molecule has 2 aliphatic heterocycles. The zero-order valence-corrected chi connectivity index (χ0v) is 10.4. The quantitative estimate of drug-likeness (QED) is 0.820. The van der Waals surface area contributed by atoms with Gasteiger partial charge in [-0.2, -0.15) is 0 Å². The fourth-order valence-corrected chi connectivity index (χ4v) is 3.93. The van der Waals surface area contributed by atoms with Crippen molar-refractivity contribution in [2.45, 2.75) is 23.0 Å². The second-order valence-corrected chi connectivity index (χ2v) is 5.96. The molecule has 1 aromatic rings. The summed E-state index contributed by atoms with van der Waals surface area (Å²) in [6, 6.07) is 8.54. The summed E-state index contributed by atoms with van der Waals surface area (Å²) >= 11 is 1.91. The van der Waals surface area contributed by atoms with Gasteiger partial charge in [0.25, 0.3) is 0 Å². The Morgan fingerprint density at radius 1 is 1.18 bits per heavy atom. The average molecular weight is 251 g/mol. The number of aliphatic hydroxyl groups is 2. The van der Waals surface area contributed by atoms with E-state index in [0.29, 0.717) is 19.0 Å². The van der Waals surface area contributed by atoms with Gasteiger partial charge in [-0.25, -0.2) is 0 Å². The van der Waals surface area contributed by atoms with Gasteiger partial charge in [0.05, 0.1) is 12.2 Å². The average Bonchev–Trinajstić information content (AvgIpc) is 2.85. The van der Waals surface area contributed by atoms with E-state index < -0.39 is 12.2 Å². The second-order valence-electron chi connectivity index (χ2n) is 4.90. The van der Waals surface area contributed by atoms with Crippen molar-refractivity contribution in [1.29, 1.82) is 0 Å². The maximum Gasteiger partial charge on any atom is 0.0938 e. The van der Waals surface area contributed by atoms with Gasteiger partial charge in [0, 0.05) is 36.2 Å². The van der Waals surface area contributed by atoms with Crippen molar-refractivity contribution in [2.75, 3.05) is 25.4 Å². The van der Waals surface area contributed by atoms with Crippen LogP contribution in [0.3, 0.4) is 0 Å². The lowest BCUT2D eigenvalue weighted by Gasteiger charge is -2.19. The van der Waals surface area contributed by atoms with E-state index in [4.69, 9.17) is 0 Å². The predicted octanol–water partition coefficient (Wildman–Crippen LogP) is 0.913. The highest BCUT2D eigenvalue weighted by Gasteiger charge is 2.32. The number of nitrogens with zero attached hydrogens (tertiary/aromatic N) is 1. The summed E-state index contributed by atoms with van der Waals surface area (Å²) in [5.74, 6) is 1.65. The molecule has 0 radical (unpaired) electrons. The zero-order valence-electron chi connectivity index (χ0n) is 9.62. The monoisotopic (exact) mass is 251 g/mol. The van der Waals surface area contributed by atoms with E-state index in [1.54, 1.807) is 0 Å². The second kappa shape index (κ2) is 4.61. The Morgan fingerprint density at radius 2 is 1.88 bits per heavy atom. The molecule has 0 saturated carbocycles. The largest absolute Gasteiger partial charge is 0.389 e. The first-order valence-electron chi connectivity index (χ1n) is 6.04. The van der Waals surface area contributed by atoms with E-state index in [0.717, 1.165) is 12.3 Å².